The maximum Gasteiger partial charge on any atom is 0.246 e. The molecule has 0 spiro atoms. The molecule has 0 atom stereocenters. The molecule has 0 unspecified atom stereocenters. The zero-order valence-electron chi connectivity index (χ0n) is 16.0. The third-order valence-corrected chi connectivity index (χ3v) is 3.84. The summed E-state index contributed by atoms with van der Waals surface area (Å²) < 4.78 is 0. The molecule has 0 rings (SSSR count). The molecule has 0 aromatic carbocycles. The van der Waals surface area contributed by atoms with Gasteiger partial charge in [0.15, 0.2) is 0 Å². The van der Waals surface area contributed by atoms with E-state index < -0.39 is 9.85 Å². The molecular formula is C20H30N2O5. The summed E-state index contributed by atoms with van der Waals surface area (Å²) in [6.45, 7) is 2.17. The maximum atomic E-state index is 11.1. The number of allylic oxidation sites excluding steroid dienone is 7. The molecule has 7 heteroatoms. The molecule has 0 radical (unpaired) electrons. The molecule has 0 saturated carbocycles. The number of hydrogen-bond acceptors (Lipinski definition) is 5. The summed E-state index contributed by atoms with van der Waals surface area (Å²) in [5.74, 6) is 0. The third-order valence-electron chi connectivity index (χ3n) is 3.84. The Bertz CT molecular complexity index is 577. The van der Waals surface area contributed by atoms with E-state index in [4.69, 9.17) is 0 Å². The summed E-state index contributed by atoms with van der Waals surface area (Å²) in [4.78, 5) is 31.3. The summed E-state index contributed by atoms with van der Waals surface area (Å²) in [6.07, 6.45) is 18.0. The number of nitrogens with zero attached hydrogens (tertiary/aromatic N) is 2. The first-order valence-corrected chi connectivity index (χ1v) is 9.43. The SMILES string of the molecule is CCCCC/C=C\C/C=C\C/C=C(\C/C=C(\CCCC=O)[N+](=O)[O-])[N+](=O)[O-]. The second-order valence-corrected chi connectivity index (χ2v) is 6.08. The number of nitro groups is 2. The van der Waals surface area contributed by atoms with Crippen LogP contribution in [0.2, 0.25) is 0 Å². The first kappa shape index (κ1) is 24.4. The minimum atomic E-state index is -0.547. The fraction of sp³-hybridized carbons (Fsp3) is 0.550. The van der Waals surface area contributed by atoms with Crippen molar-refractivity contribution >= 4 is 6.29 Å². The summed E-state index contributed by atoms with van der Waals surface area (Å²) in [5.41, 5.74) is -0.155. The van der Waals surface area contributed by atoms with E-state index in [2.05, 4.69) is 19.1 Å². The second-order valence-electron chi connectivity index (χ2n) is 6.08. The van der Waals surface area contributed by atoms with E-state index in [-0.39, 0.29) is 30.7 Å². The van der Waals surface area contributed by atoms with E-state index in [0.29, 0.717) is 19.1 Å². The average molecular weight is 378 g/mol. The van der Waals surface area contributed by atoms with E-state index in [1.54, 1.807) is 0 Å². The molecule has 0 aromatic heterocycles. The molecule has 0 aliphatic rings. The van der Waals surface area contributed by atoms with E-state index in [0.717, 1.165) is 12.8 Å². The van der Waals surface area contributed by atoms with Gasteiger partial charge in [-0.15, -0.1) is 0 Å². The molecule has 27 heavy (non-hydrogen) atoms. The molecule has 0 amide bonds. The molecule has 0 fully saturated rings. The van der Waals surface area contributed by atoms with Gasteiger partial charge in [0.2, 0.25) is 11.4 Å². The van der Waals surface area contributed by atoms with Crippen LogP contribution in [-0.2, 0) is 4.79 Å². The fourth-order valence-corrected chi connectivity index (χ4v) is 2.29. The Labute approximate surface area is 160 Å². The number of carbonyl (C=O) groups is 1. The van der Waals surface area contributed by atoms with Gasteiger partial charge >= 0.3 is 0 Å². The predicted octanol–water partition coefficient (Wildman–Crippen LogP) is 5.54. The summed E-state index contributed by atoms with van der Waals surface area (Å²) in [6, 6.07) is 0. The molecule has 7 nitrogen and oxygen atoms in total. The van der Waals surface area contributed by atoms with E-state index in [9.17, 15) is 25.0 Å². The number of hydrogen-bond donors (Lipinski definition) is 0. The van der Waals surface area contributed by atoms with Gasteiger partial charge in [-0.1, -0.05) is 44.1 Å². The van der Waals surface area contributed by atoms with Crippen LogP contribution in [-0.4, -0.2) is 16.1 Å². The Morgan fingerprint density at radius 2 is 1.48 bits per heavy atom. The lowest BCUT2D eigenvalue weighted by molar-refractivity contribution is -0.432. The van der Waals surface area contributed by atoms with E-state index >= 15 is 0 Å². The van der Waals surface area contributed by atoms with Crippen LogP contribution in [0.1, 0.15) is 71.1 Å². The lowest BCUT2D eigenvalue weighted by Gasteiger charge is -1.98. The van der Waals surface area contributed by atoms with Crippen molar-refractivity contribution in [1.82, 2.24) is 0 Å². The lowest BCUT2D eigenvalue weighted by atomic mass is 10.1. The molecule has 0 saturated heterocycles. The Kier molecular flexibility index (Phi) is 15.3. The molecule has 0 N–H and O–H groups in total. The standard InChI is InChI=1S/C20H30N2O5/c1-2-3-4-5-6-7-8-9-10-11-14-19(21(24)25)16-17-20(22(26)27)15-12-13-18-23/h6-7,9-10,14,17-18H,2-5,8,11-13,15-16H2,1H3/b7-6-,10-9-,19-14+,20-17+. The Morgan fingerprint density at radius 1 is 0.815 bits per heavy atom. The molecule has 0 aliphatic heterocycles. The van der Waals surface area contributed by atoms with Crippen LogP contribution in [0.5, 0.6) is 0 Å². The van der Waals surface area contributed by atoms with Gasteiger partial charge in [-0.25, -0.2) is 0 Å². The number of unbranched alkanes of at least 4 members (excludes halogenated alkanes) is 4. The van der Waals surface area contributed by atoms with Crippen molar-refractivity contribution in [2.24, 2.45) is 0 Å². The number of aldehydes is 1. The predicted molar refractivity (Wildman–Crippen MR) is 106 cm³/mol. The Hall–Kier alpha value is -2.57. The average Bonchev–Trinajstić information content (AvgIpc) is 2.63. The summed E-state index contributed by atoms with van der Waals surface area (Å²) in [7, 11) is 0. The quantitative estimate of drug-likeness (QED) is 0.115. The number of carbonyl (C=O) groups excluding carboxylic acids is 1. The van der Waals surface area contributed by atoms with Gasteiger partial charge in [0, 0.05) is 12.8 Å². The van der Waals surface area contributed by atoms with Gasteiger partial charge in [-0.2, -0.15) is 0 Å². The van der Waals surface area contributed by atoms with Crippen LogP contribution in [0.15, 0.2) is 47.9 Å². The van der Waals surface area contributed by atoms with E-state index in [1.165, 1.54) is 31.4 Å². The monoisotopic (exact) mass is 378 g/mol. The van der Waals surface area contributed by atoms with Gasteiger partial charge in [0.05, 0.1) is 16.3 Å². The fourth-order valence-electron chi connectivity index (χ4n) is 2.29. The van der Waals surface area contributed by atoms with Crippen LogP contribution < -0.4 is 0 Å². The van der Waals surface area contributed by atoms with Crippen molar-refractivity contribution in [2.75, 3.05) is 0 Å². The minimum Gasteiger partial charge on any atom is -0.303 e. The van der Waals surface area contributed by atoms with Crippen molar-refractivity contribution < 1.29 is 14.6 Å². The Balaban J connectivity index is 4.49. The first-order chi connectivity index (χ1) is 13.0. The topological polar surface area (TPSA) is 103 Å². The van der Waals surface area contributed by atoms with Crippen LogP contribution in [0.3, 0.4) is 0 Å². The molecule has 0 heterocycles. The first-order valence-electron chi connectivity index (χ1n) is 9.43. The molecule has 0 aliphatic carbocycles. The lowest BCUT2D eigenvalue weighted by Crippen LogP contribution is -2.02. The van der Waals surface area contributed by atoms with Crippen LogP contribution in [0.25, 0.3) is 0 Å². The van der Waals surface area contributed by atoms with Crippen LogP contribution in [0.4, 0.5) is 0 Å². The van der Waals surface area contributed by atoms with Crippen molar-refractivity contribution in [3.05, 3.63) is 68.1 Å². The van der Waals surface area contributed by atoms with Gasteiger partial charge in [0.1, 0.15) is 6.29 Å². The highest BCUT2D eigenvalue weighted by Crippen LogP contribution is 2.13. The van der Waals surface area contributed by atoms with Crippen LogP contribution >= 0.6 is 0 Å². The van der Waals surface area contributed by atoms with Crippen molar-refractivity contribution in [3.63, 3.8) is 0 Å². The molecule has 150 valence electrons. The van der Waals surface area contributed by atoms with Gasteiger partial charge in [-0.05, 0) is 44.3 Å². The highest BCUT2D eigenvalue weighted by molar-refractivity contribution is 5.49. The summed E-state index contributed by atoms with van der Waals surface area (Å²) in [5, 5.41) is 22.1. The smallest absolute Gasteiger partial charge is 0.246 e. The van der Waals surface area contributed by atoms with E-state index in [1.807, 2.05) is 12.2 Å². The van der Waals surface area contributed by atoms with Gasteiger partial charge in [-0.3, -0.25) is 20.2 Å². The van der Waals surface area contributed by atoms with Crippen LogP contribution in [0, 0.1) is 20.2 Å². The molecule has 0 aromatic rings. The van der Waals surface area contributed by atoms with Crippen molar-refractivity contribution in [2.45, 2.75) is 71.1 Å². The largest absolute Gasteiger partial charge is 0.303 e. The summed E-state index contributed by atoms with van der Waals surface area (Å²) >= 11 is 0. The normalized spacial score (nSPS) is 12.8. The highest BCUT2D eigenvalue weighted by Gasteiger charge is 2.14. The molecule has 0 bridgehead atoms. The number of rotatable bonds is 16. The minimum absolute atomic E-state index is 0.0653. The van der Waals surface area contributed by atoms with Gasteiger partial charge < -0.3 is 4.79 Å². The van der Waals surface area contributed by atoms with Crippen molar-refractivity contribution in [1.29, 1.82) is 0 Å². The highest BCUT2D eigenvalue weighted by atomic mass is 16.6. The second kappa shape index (κ2) is 16.9. The van der Waals surface area contributed by atoms with Gasteiger partial charge in [0.25, 0.3) is 0 Å². The molecular weight excluding hydrogens is 348 g/mol. The maximum absolute atomic E-state index is 11.1. The Morgan fingerprint density at radius 3 is 2.11 bits per heavy atom. The zero-order chi connectivity index (χ0) is 20.3. The van der Waals surface area contributed by atoms with Crippen molar-refractivity contribution in [3.8, 4) is 0 Å². The zero-order valence-corrected chi connectivity index (χ0v) is 16.0. The third kappa shape index (κ3) is 14.3.